The summed E-state index contributed by atoms with van der Waals surface area (Å²) in [4.78, 5) is 48.4. The van der Waals surface area contributed by atoms with E-state index >= 15 is 0 Å². The Labute approximate surface area is 159 Å². The van der Waals surface area contributed by atoms with Crippen molar-refractivity contribution in [3.8, 4) is 5.75 Å². The maximum Gasteiger partial charge on any atom is 0.328 e. The highest BCUT2D eigenvalue weighted by Gasteiger charge is 2.34. The lowest BCUT2D eigenvalue weighted by molar-refractivity contribution is -0.141. The summed E-state index contributed by atoms with van der Waals surface area (Å²) in [6.45, 7) is 0.374. The molecule has 1 fully saturated rings. The Bertz CT molecular complexity index is 795. The molecule has 1 aromatic carbocycles. The summed E-state index contributed by atoms with van der Waals surface area (Å²) in [6.07, 6.45) is 1.22. The Morgan fingerprint density at radius 2 is 2.15 bits per heavy atom. The number of nitrogens with one attached hydrogen (secondary N) is 2. The first kappa shape index (κ1) is 20.2. The standard InChI is InChI=1S/C17H18ClN3O6/c1-27-13-3-2-10(18)8-11(13)20-14(22)9-12-17(26)19-6-7-21(12)15(23)4-5-16(24)25/h2-5,8,12H,6-7,9H2,1H3,(H,19,26)(H,20,22)(H,24,25)/b5-4-. The lowest BCUT2D eigenvalue weighted by Gasteiger charge is -2.34. The van der Waals surface area contributed by atoms with E-state index in [2.05, 4.69) is 10.6 Å². The predicted octanol–water partition coefficient (Wildman–Crippen LogP) is 0.645. The molecule has 0 saturated carbocycles. The van der Waals surface area contributed by atoms with Crippen LogP contribution in [0.3, 0.4) is 0 Å². The minimum absolute atomic E-state index is 0.160. The number of carbonyl (C=O) groups is 4. The average Bonchev–Trinajstić information content (AvgIpc) is 2.61. The number of benzene rings is 1. The normalized spacial score (nSPS) is 16.7. The molecule has 3 N–H and O–H groups in total. The van der Waals surface area contributed by atoms with E-state index in [1.54, 1.807) is 12.1 Å². The number of anilines is 1. The lowest BCUT2D eigenvalue weighted by Crippen LogP contribution is -2.57. The smallest absolute Gasteiger partial charge is 0.328 e. The van der Waals surface area contributed by atoms with Crippen LogP contribution in [0.5, 0.6) is 5.75 Å². The van der Waals surface area contributed by atoms with Crippen LogP contribution in [-0.4, -0.2) is 59.9 Å². The number of nitrogens with zero attached hydrogens (tertiary/aromatic N) is 1. The Kier molecular flexibility index (Phi) is 6.78. The monoisotopic (exact) mass is 395 g/mol. The van der Waals surface area contributed by atoms with Gasteiger partial charge in [0, 0.05) is 30.3 Å². The molecule has 27 heavy (non-hydrogen) atoms. The molecule has 0 radical (unpaired) electrons. The minimum Gasteiger partial charge on any atom is -0.495 e. The second-order valence-electron chi connectivity index (χ2n) is 5.61. The molecular weight excluding hydrogens is 378 g/mol. The number of methoxy groups -OCH3 is 1. The van der Waals surface area contributed by atoms with E-state index in [4.69, 9.17) is 21.4 Å². The van der Waals surface area contributed by atoms with E-state index in [0.717, 1.165) is 11.0 Å². The summed E-state index contributed by atoms with van der Waals surface area (Å²) in [5, 5.41) is 14.2. The summed E-state index contributed by atoms with van der Waals surface area (Å²) in [5.74, 6) is -2.58. The fourth-order valence-corrected chi connectivity index (χ4v) is 2.75. The van der Waals surface area contributed by atoms with Crippen molar-refractivity contribution in [1.82, 2.24) is 10.2 Å². The zero-order valence-electron chi connectivity index (χ0n) is 14.4. The van der Waals surface area contributed by atoms with Gasteiger partial charge in [0.1, 0.15) is 11.8 Å². The molecule has 3 amide bonds. The van der Waals surface area contributed by atoms with Gasteiger partial charge in [-0.1, -0.05) is 11.6 Å². The first-order valence-corrected chi connectivity index (χ1v) is 8.32. The van der Waals surface area contributed by atoms with Crippen LogP contribution in [0.15, 0.2) is 30.4 Å². The molecule has 1 aliphatic heterocycles. The number of carboxylic acids is 1. The Morgan fingerprint density at radius 1 is 1.41 bits per heavy atom. The van der Waals surface area contributed by atoms with Crippen molar-refractivity contribution in [2.45, 2.75) is 12.5 Å². The van der Waals surface area contributed by atoms with Crippen molar-refractivity contribution in [2.24, 2.45) is 0 Å². The van der Waals surface area contributed by atoms with Gasteiger partial charge in [-0.05, 0) is 18.2 Å². The van der Waals surface area contributed by atoms with Crippen LogP contribution in [-0.2, 0) is 19.2 Å². The highest BCUT2D eigenvalue weighted by atomic mass is 35.5. The van der Waals surface area contributed by atoms with Crippen LogP contribution >= 0.6 is 11.6 Å². The van der Waals surface area contributed by atoms with Crippen molar-refractivity contribution >= 4 is 41.0 Å². The molecule has 1 atom stereocenters. The van der Waals surface area contributed by atoms with Gasteiger partial charge in [0.15, 0.2) is 0 Å². The molecule has 9 nitrogen and oxygen atoms in total. The van der Waals surface area contributed by atoms with E-state index in [-0.39, 0.29) is 19.5 Å². The molecule has 2 rings (SSSR count). The Hall–Kier alpha value is -3.07. The topological polar surface area (TPSA) is 125 Å². The highest BCUT2D eigenvalue weighted by molar-refractivity contribution is 6.31. The van der Waals surface area contributed by atoms with Crippen molar-refractivity contribution in [3.05, 3.63) is 35.4 Å². The van der Waals surface area contributed by atoms with Gasteiger partial charge in [0.2, 0.25) is 17.7 Å². The molecule has 1 aliphatic rings. The number of hydrogen-bond donors (Lipinski definition) is 3. The number of carbonyl (C=O) groups excluding carboxylic acids is 3. The molecule has 10 heteroatoms. The molecule has 0 spiro atoms. The van der Waals surface area contributed by atoms with Gasteiger partial charge in [-0.2, -0.15) is 0 Å². The van der Waals surface area contributed by atoms with Crippen LogP contribution in [0.4, 0.5) is 5.69 Å². The number of ether oxygens (including phenoxy) is 1. The SMILES string of the molecule is COc1ccc(Cl)cc1NC(=O)CC1C(=O)NCCN1C(=O)/C=C\C(=O)O. The number of hydrogen-bond acceptors (Lipinski definition) is 5. The first-order valence-electron chi connectivity index (χ1n) is 7.94. The van der Waals surface area contributed by atoms with Crippen LogP contribution in [0.1, 0.15) is 6.42 Å². The molecule has 0 aliphatic carbocycles. The molecule has 1 heterocycles. The van der Waals surface area contributed by atoms with Crippen molar-refractivity contribution in [1.29, 1.82) is 0 Å². The third-order valence-corrected chi connectivity index (χ3v) is 4.03. The number of rotatable bonds is 6. The zero-order valence-corrected chi connectivity index (χ0v) is 15.2. The number of amides is 3. The molecular formula is C17H18ClN3O6. The zero-order chi connectivity index (χ0) is 20.0. The quantitative estimate of drug-likeness (QED) is 0.607. The summed E-state index contributed by atoms with van der Waals surface area (Å²) in [6, 6.07) is 3.62. The summed E-state index contributed by atoms with van der Waals surface area (Å²) < 4.78 is 5.14. The van der Waals surface area contributed by atoms with E-state index < -0.39 is 29.7 Å². The van der Waals surface area contributed by atoms with Gasteiger partial charge in [0.05, 0.1) is 19.2 Å². The first-order chi connectivity index (χ1) is 12.8. The lowest BCUT2D eigenvalue weighted by atomic mass is 10.1. The van der Waals surface area contributed by atoms with Gasteiger partial charge in [-0.3, -0.25) is 14.4 Å². The highest BCUT2D eigenvalue weighted by Crippen LogP contribution is 2.28. The van der Waals surface area contributed by atoms with E-state index in [0.29, 0.717) is 22.5 Å². The van der Waals surface area contributed by atoms with Crippen molar-refractivity contribution in [3.63, 3.8) is 0 Å². The van der Waals surface area contributed by atoms with Gasteiger partial charge >= 0.3 is 5.97 Å². The molecule has 1 saturated heterocycles. The van der Waals surface area contributed by atoms with E-state index in [1.165, 1.54) is 13.2 Å². The maximum absolute atomic E-state index is 12.4. The Balaban J connectivity index is 2.13. The maximum atomic E-state index is 12.4. The molecule has 144 valence electrons. The third kappa shape index (κ3) is 5.45. The largest absolute Gasteiger partial charge is 0.495 e. The van der Waals surface area contributed by atoms with Gasteiger partial charge in [-0.25, -0.2) is 4.79 Å². The van der Waals surface area contributed by atoms with Crippen molar-refractivity contribution in [2.75, 3.05) is 25.5 Å². The van der Waals surface area contributed by atoms with Crippen LogP contribution in [0, 0.1) is 0 Å². The molecule has 0 bridgehead atoms. The number of carboxylic acid groups (broad SMARTS) is 1. The minimum atomic E-state index is -1.29. The van der Waals surface area contributed by atoms with Crippen LogP contribution in [0.25, 0.3) is 0 Å². The number of aliphatic carboxylic acids is 1. The predicted molar refractivity (Wildman–Crippen MR) is 96.5 cm³/mol. The second-order valence-corrected chi connectivity index (χ2v) is 6.04. The second kappa shape index (κ2) is 9.04. The third-order valence-electron chi connectivity index (χ3n) is 3.80. The van der Waals surface area contributed by atoms with Crippen molar-refractivity contribution < 1.29 is 29.0 Å². The Morgan fingerprint density at radius 3 is 2.81 bits per heavy atom. The van der Waals surface area contributed by atoms with Gasteiger partial charge < -0.3 is 25.4 Å². The molecule has 1 unspecified atom stereocenters. The van der Waals surface area contributed by atoms with E-state index in [1.807, 2.05) is 0 Å². The fourth-order valence-electron chi connectivity index (χ4n) is 2.57. The van der Waals surface area contributed by atoms with Crippen LogP contribution in [0.2, 0.25) is 5.02 Å². The summed E-state index contributed by atoms with van der Waals surface area (Å²) in [5.41, 5.74) is 0.329. The fraction of sp³-hybridized carbons (Fsp3) is 0.294. The van der Waals surface area contributed by atoms with Crippen LogP contribution < -0.4 is 15.4 Å². The van der Waals surface area contributed by atoms with Gasteiger partial charge in [0.25, 0.3) is 0 Å². The van der Waals surface area contributed by atoms with E-state index in [9.17, 15) is 19.2 Å². The molecule has 0 aromatic heterocycles. The molecule has 1 aromatic rings. The number of piperazine rings is 1. The van der Waals surface area contributed by atoms with Gasteiger partial charge in [-0.15, -0.1) is 0 Å². The average molecular weight is 396 g/mol. The summed E-state index contributed by atoms with van der Waals surface area (Å²) in [7, 11) is 1.43. The number of halogens is 1. The summed E-state index contributed by atoms with van der Waals surface area (Å²) >= 11 is 5.92.